The molecular weight excluding hydrogens is 264 g/mol. The molecule has 0 spiro atoms. The second-order valence-electron chi connectivity index (χ2n) is 6.23. The average molecular weight is 284 g/mol. The molecule has 0 radical (unpaired) electrons. The second kappa shape index (κ2) is 4.84. The Morgan fingerprint density at radius 3 is 2.95 bits per heavy atom. The van der Waals surface area contributed by atoms with Crippen molar-refractivity contribution in [1.82, 2.24) is 19.6 Å². The zero-order valence-corrected chi connectivity index (χ0v) is 12.2. The van der Waals surface area contributed by atoms with Gasteiger partial charge in [-0.2, -0.15) is 0 Å². The van der Waals surface area contributed by atoms with Gasteiger partial charge in [-0.25, -0.2) is 4.98 Å². The van der Waals surface area contributed by atoms with Gasteiger partial charge in [-0.1, -0.05) is 0 Å². The summed E-state index contributed by atoms with van der Waals surface area (Å²) in [5, 5.41) is 3.22. The number of carbonyl (C=O) groups excluding carboxylic acids is 1. The lowest BCUT2D eigenvalue weighted by Crippen LogP contribution is -2.62. The fraction of sp³-hybridized carbons (Fsp3) is 0.500. The molecule has 21 heavy (non-hydrogen) atoms. The van der Waals surface area contributed by atoms with Gasteiger partial charge in [0.2, 0.25) is 0 Å². The molecule has 0 unspecified atom stereocenters. The monoisotopic (exact) mass is 284 g/mol. The van der Waals surface area contributed by atoms with Crippen molar-refractivity contribution in [3.63, 3.8) is 0 Å². The van der Waals surface area contributed by atoms with Crippen LogP contribution >= 0.6 is 0 Å². The van der Waals surface area contributed by atoms with E-state index in [0.717, 1.165) is 5.52 Å². The van der Waals surface area contributed by atoms with Crippen molar-refractivity contribution in [2.75, 3.05) is 13.1 Å². The van der Waals surface area contributed by atoms with Crippen molar-refractivity contribution >= 4 is 11.4 Å². The van der Waals surface area contributed by atoms with Crippen LogP contribution in [-0.2, 0) is 0 Å². The molecule has 0 aromatic carbocycles. The van der Waals surface area contributed by atoms with E-state index in [9.17, 15) is 4.79 Å². The Labute approximate surface area is 124 Å². The molecule has 5 heterocycles. The maximum Gasteiger partial charge on any atom is 0.271 e. The number of hydrogen-bond acceptors (Lipinski definition) is 3. The maximum atomic E-state index is 12.5. The van der Waals surface area contributed by atoms with E-state index in [1.54, 1.807) is 12.4 Å². The summed E-state index contributed by atoms with van der Waals surface area (Å²) in [6.07, 6.45) is 7.87. The van der Waals surface area contributed by atoms with Gasteiger partial charge in [-0.15, -0.1) is 0 Å². The lowest BCUT2D eigenvalue weighted by molar-refractivity contribution is 0.0216. The van der Waals surface area contributed by atoms with Crippen LogP contribution in [0.1, 0.15) is 30.3 Å². The first-order valence-electron chi connectivity index (χ1n) is 7.70. The molecule has 2 atom stereocenters. The Morgan fingerprint density at radius 2 is 2.19 bits per heavy atom. The van der Waals surface area contributed by atoms with Gasteiger partial charge in [0.15, 0.2) is 0 Å². The molecule has 3 fully saturated rings. The molecule has 5 rings (SSSR count). The smallest absolute Gasteiger partial charge is 0.271 e. The van der Waals surface area contributed by atoms with Gasteiger partial charge in [0, 0.05) is 24.5 Å². The molecule has 5 nitrogen and oxygen atoms in total. The van der Waals surface area contributed by atoms with Crippen LogP contribution in [0.25, 0.3) is 5.52 Å². The summed E-state index contributed by atoms with van der Waals surface area (Å²) in [4.78, 5) is 19.3. The highest BCUT2D eigenvalue weighted by molar-refractivity contribution is 5.92. The number of hydrogen-bond donors (Lipinski definition) is 1. The highest BCUT2D eigenvalue weighted by Gasteiger charge is 2.40. The zero-order chi connectivity index (χ0) is 14.4. The molecule has 5 heteroatoms. The minimum Gasteiger partial charge on any atom is -0.346 e. The van der Waals surface area contributed by atoms with E-state index in [2.05, 4.69) is 22.1 Å². The predicted octanol–water partition coefficient (Wildman–Crippen LogP) is 1.55. The Hall–Kier alpha value is -1.88. The lowest BCUT2D eigenvalue weighted by atomic mass is 9.79. The Balaban J connectivity index is 1.54. The van der Waals surface area contributed by atoms with Crippen molar-refractivity contribution in [2.24, 2.45) is 5.92 Å². The highest BCUT2D eigenvalue weighted by Crippen LogP contribution is 2.32. The average Bonchev–Trinajstić information content (AvgIpc) is 2.98. The number of aromatic nitrogens is 2. The number of nitrogens with one attached hydrogen (secondary N) is 1. The lowest BCUT2D eigenvalue weighted by Gasteiger charge is -2.49. The van der Waals surface area contributed by atoms with E-state index in [1.165, 1.54) is 25.9 Å². The van der Waals surface area contributed by atoms with Crippen molar-refractivity contribution in [1.29, 1.82) is 0 Å². The quantitative estimate of drug-likeness (QED) is 0.910. The third kappa shape index (κ3) is 2.12. The van der Waals surface area contributed by atoms with E-state index in [0.29, 0.717) is 17.7 Å². The molecule has 0 aliphatic carbocycles. The molecule has 2 aromatic heterocycles. The Kier molecular flexibility index (Phi) is 2.96. The number of carbonyl (C=O) groups is 1. The first-order chi connectivity index (χ1) is 10.2. The van der Waals surface area contributed by atoms with Crippen LogP contribution in [-0.4, -0.2) is 45.4 Å². The third-order valence-electron chi connectivity index (χ3n) is 5.12. The van der Waals surface area contributed by atoms with Gasteiger partial charge in [-0.05, 0) is 50.9 Å². The summed E-state index contributed by atoms with van der Waals surface area (Å²) in [5.74, 6) is 0.556. The van der Waals surface area contributed by atoms with E-state index in [-0.39, 0.29) is 11.9 Å². The molecule has 1 N–H and O–H groups in total. The topological polar surface area (TPSA) is 49.6 Å². The summed E-state index contributed by atoms with van der Waals surface area (Å²) in [7, 11) is 0. The van der Waals surface area contributed by atoms with Gasteiger partial charge in [-0.3, -0.25) is 9.69 Å². The van der Waals surface area contributed by atoms with Crippen molar-refractivity contribution in [3.05, 3.63) is 36.4 Å². The molecule has 3 saturated heterocycles. The molecule has 110 valence electrons. The molecule has 1 amide bonds. The molecular formula is C16H20N4O. The first kappa shape index (κ1) is 12.8. The largest absolute Gasteiger partial charge is 0.346 e. The summed E-state index contributed by atoms with van der Waals surface area (Å²) in [6.45, 7) is 4.57. The Morgan fingerprint density at radius 1 is 1.38 bits per heavy atom. The van der Waals surface area contributed by atoms with Crippen LogP contribution in [0.2, 0.25) is 0 Å². The van der Waals surface area contributed by atoms with Gasteiger partial charge in [0.1, 0.15) is 5.69 Å². The number of fused-ring (bicyclic) bond motifs is 4. The summed E-state index contributed by atoms with van der Waals surface area (Å²) in [5.41, 5.74) is 1.49. The fourth-order valence-corrected chi connectivity index (χ4v) is 3.82. The van der Waals surface area contributed by atoms with E-state index < -0.39 is 0 Å². The van der Waals surface area contributed by atoms with Gasteiger partial charge in [0.25, 0.3) is 5.91 Å². The van der Waals surface area contributed by atoms with Crippen LogP contribution in [0.4, 0.5) is 0 Å². The molecule has 0 saturated carbocycles. The summed E-state index contributed by atoms with van der Waals surface area (Å²) >= 11 is 0. The van der Waals surface area contributed by atoms with Crippen LogP contribution in [0.5, 0.6) is 0 Å². The fourth-order valence-electron chi connectivity index (χ4n) is 3.82. The van der Waals surface area contributed by atoms with E-state index in [4.69, 9.17) is 0 Å². The normalized spacial score (nSPS) is 31.5. The SMILES string of the molecule is C[C@H]1[C@H](NC(=O)c2cn3cccc3cn2)C2CCN1CC2. The van der Waals surface area contributed by atoms with Gasteiger partial charge in [0.05, 0.1) is 11.7 Å². The third-order valence-corrected chi connectivity index (χ3v) is 5.12. The maximum absolute atomic E-state index is 12.5. The number of amides is 1. The van der Waals surface area contributed by atoms with Crippen molar-refractivity contribution in [2.45, 2.75) is 31.8 Å². The van der Waals surface area contributed by atoms with Crippen LogP contribution < -0.4 is 5.32 Å². The minimum atomic E-state index is -0.0591. The number of piperidine rings is 3. The van der Waals surface area contributed by atoms with Crippen LogP contribution in [0, 0.1) is 5.92 Å². The van der Waals surface area contributed by atoms with Gasteiger partial charge < -0.3 is 9.72 Å². The predicted molar refractivity (Wildman–Crippen MR) is 80.2 cm³/mol. The number of nitrogens with zero attached hydrogens (tertiary/aromatic N) is 3. The van der Waals surface area contributed by atoms with Crippen LogP contribution in [0.15, 0.2) is 30.7 Å². The highest BCUT2D eigenvalue weighted by atomic mass is 16.2. The molecule has 2 bridgehead atoms. The van der Waals surface area contributed by atoms with Crippen molar-refractivity contribution < 1.29 is 4.79 Å². The molecule has 2 aromatic rings. The standard InChI is InChI=1S/C16H20N4O/c1-11-15(12-4-7-19(11)8-5-12)18-16(21)14-10-20-6-2-3-13(20)9-17-14/h2-3,6,9-12,15H,4-5,7-8H2,1H3,(H,18,21)/t11-,15-/m0/s1. The van der Waals surface area contributed by atoms with Gasteiger partial charge >= 0.3 is 0 Å². The summed E-state index contributed by atoms with van der Waals surface area (Å²) < 4.78 is 1.93. The summed E-state index contributed by atoms with van der Waals surface area (Å²) in [6, 6.07) is 4.61. The molecule has 3 aliphatic rings. The first-order valence-corrected chi connectivity index (χ1v) is 7.70. The Bertz CT molecular complexity index is 670. The molecule has 3 aliphatic heterocycles. The zero-order valence-electron chi connectivity index (χ0n) is 12.2. The van der Waals surface area contributed by atoms with Crippen LogP contribution in [0.3, 0.4) is 0 Å². The minimum absolute atomic E-state index is 0.0591. The van der Waals surface area contributed by atoms with E-state index in [1.807, 2.05) is 22.7 Å². The van der Waals surface area contributed by atoms with E-state index >= 15 is 0 Å². The second-order valence-corrected chi connectivity index (χ2v) is 6.23. The van der Waals surface area contributed by atoms with Crippen molar-refractivity contribution in [3.8, 4) is 0 Å². The number of rotatable bonds is 2.